The van der Waals surface area contributed by atoms with Gasteiger partial charge in [0.25, 0.3) is 0 Å². The first-order valence-electron chi connectivity index (χ1n) is 9.67. The summed E-state index contributed by atoms with van der Waals surface area (Å²) in [5, 5.41) is 2.84. The van der Waals surface area contributed by atoms with Gasteiger partial charge in [0.05, 0.1) is 6.61 Å². The van der Waals surface area contributed by atoms with Crippen molar-refractivity contribution in [3.05, 3.63) is 58.7 Å². The van der Waals surface area contributed by atoms with Crippen LogP contribution in [0.2, 0.25) is 0 Å². The molecule has 6 nitrogen and oxygen atoms in total. The highest BCUT2D eigenvalue weighted by Crippen LogP contribution is 2.20. The number of ether oxygens (including phenoxy) is 1. The van der Waals surface area contributed by atoms with Crippen molar-refractivity contribution in [3.63, 3.8) is 0 Å². The summed E-state index contributed by atoms with van der Waals surface area (Å²) < 4.78 is 6.28. The van der Waals surface area contributed by atoms with Crippen molar-refractivity contribution in [3.8, 4) is 5.75 Å². The Bertz CT molecular complexity index is 858. The SMILES string of the molecule is CCOc1ccc(C=CC(=O)N2CCC(C(=O)Nc3ccc(Br)cn3)CC2)cc1. The molecule has 29 heavy (non-hydrogen) atoms. The lowest BCUT2D eigenvalue weighted by molar-refractivity contribution is -0.130. The fourth-order valence-electron chi connectivity index (χ4n) is 3.15. The lowest BCUT2D eigenvalue weighted by Crippen LogP contribution is -2.40. The number of anilines is 1. The quantitative estimate of drug-likeness (QED) is 0.661. The van der Waals surface area contributed by atoms with Gasteiger partial charge in [-0.1, -0.05) is 12.1 Å². The zero-order valence-corrected chi connectivity index (χ0v) is 17.9. The molecule has 1 saturated heterocycles. The van der Waals surface area contributed by atoms with E-state index in [1.54, 1.807) is 29.3 Å². The van der Waals surface area contributed by atoms with Gasteiger partial charge in [0.1, 0.15) is 11.6 Å². The standard InChI is InChI=1S/C22H24BrN3O3/c1-2-29-19-7-3-16(4-8-19)5-10-21(27)26-13-11-17(12-14-26)22(28)25-20-9-6-18(23)15-24-20/h3-10,15,17H,2,11-14H2,1H3,(H,24,25,28). The monoisotopic (exact) mass is 457 g/mol. The molecule has 0 atom stereocenters. The number of nitrogens with zero attached hydrogens (tertiary/aromatic N) is 2. The van der Waals surface area contributed by atoms with E-state index in [1.807, 2.05) is 37.3 Å². The molecule has 0 spiro atoms. The number of nitrogens with one attached hydrogen (secondary N) is 1. The lowest BCUT2D eigenvalue weighted by atomic mass is 9.96. The van der Waals surface area contributed by atoms with Crippen LogP contribution in [0.5, 0.6) is 5.75 Å². The van der Waals surface area contributed by atoms with Crippen LogP contribution in [-0.2, 0) is 9.59 Å². The van der Waals surface area contributed by atoms with Crippen molar-refractivity contribution in [2.75, 3.05) is 25.0 Å². The third kappa shape index (κ3) is 6.15. The Morgan fingerprint density at radius 2 is 1.93 bits per heavy atom. The van der Waals surface area contributed by atoms with Crippen LogP contribution in [-0.4, -0.2) is 41.4 Å². The van der Waals surface area contributed by atoms with Gasteiger partial charge in [-0.15, -0.1) is 0 Å². The number of halogens is 1. The van der Waals surface area contributed by atoms with Gasteiger partial charge in [-0.05, 0) is 71.6 Å². The molecule has 1 N–H and O–H groups in total. The first-order chi connectivity index (χ1) is 14.0. The van der Waals surface area contributed by atoms with Crippen LogP contribution < -0.4 is 10.1 Å². The molecule has 3 rings (SSSR count). The van der Waals surface area contributed by atoms with Crippen molar-refractivity contribution in [2.45, 2.75) is 19.8 Å². The lowest BCUT2D eigenvalue weighted by Gasteiger charge is -2.30. The van der Waals surface area contributed by atoms with Crippen LogP contribution in [0.3, 0.4) is 0 Å². The van der Waals surface area contributed by atoms with E-state index < -0.39 is 0 Å². The summed E-state index contributed by atoms with van der Waals surface area (Å²) in [6.45, 7) is 3.70. The van der Waals surface area contributed by atoms with E-state index in [0.717, 1.165) is 15.8 Å². The Morgan fingerprint density at radius 3 is 2.55 bits per heavy atom. The number of benzene rings is 1. The van der Waals surface area contributed by atoms with E-state index in [-0.39, 0.29) is 17.7 Å². The highest BCUT2D eigenvalue weighted by molar-refractivity contribution is 9.10. The van der Waals surface area contributed by atoms with Gasteiger partial charge < -0.3 is 15.0 Å². The first kappa shape index (κ1) is 21.0. The second-order valence-corrected chi connectivity index (χ2v) is 7.70. The zero-order chi connectivity index (χ0) is 20.6. The minimum absolute atomic E-state index is 0.0349. The highest BCUT2D eigenvalue weighted by atomic mass is 79.9. The molecule has 0 radical (unpaired) electrons. The molecule has 1 aromatic carbocycles. The largest absolute Gasteiger partial charge is 0.494 e. The fraction of sp³-hybridized carbons (Fsp3) is 0.318. The molecular weight excluding hydrogens is 434 g/mol. The number of pyridine rings is 1. The summed E-state index contributed by atoms with van der Waals surface area (Å²) >= 11 is 3.32. The van der Waals surface area contributed by atoms with Crippen LogP contribution in [0.1, 0.15) is 25.3 Å². The molecule has 0 bridgehead atoms. The number of amides is 2. The molecule has 0 unspecified atom stereocenters. The van der Waals surface area contributed by atoms with Crippen molar-refractivity contribution >= 4 is 39.6 Å². The Balaban J connectivity index is 1.47. The molecule has 0 aliphatic carbocycles. The fourth-order valence-corrected chi connectivity index (χ4v) is 3.39. The van der Waals surface area contributed by atoms with Gasteiger partial charge in [-0.3, -0.25) is 9.59 Å². The minimum Gasteiger partial charge on any atom is -0.494 e. The molecule has 2 heterocycles. The Labute approximate surface area is 179 Å². The Morgan fingerprint density at radius 1 is 1.21 bits per heavy atom. The smallest absolute Gasteiger partial charge is 0.246 e. The molecule has 1 aliphatic heterocycles. The number of carbonyl (C=O) groups is 2. The minimum atomic E-state index is -0.111. The molecule has 0 saturated carbocycles. The predicted molar refractivity (Wildman–Crippen MR) is 117 cm³/mol. The van der Waals surface area contributed by atoms with Crippen LogP contribution in [0.15, 0.2) is 53.1 Å². The number of aromatic nitrogens is 1. The number of piperidine rings is 1. The maximum Gasteiger partial charge on any atom is 0.246 e. The first-order valence-corrected chi connectivity index (χ1v) is 10.5. The molecular formula is C22H24BrN3O3. The number of hydrogen-bond donors (Lipinski definition) is 1. The second-order valence-electron chi connectivity index (χ2n) is 6.79. The molecule has 152 valence electrons. The molecule has 2 aromatic rings. The van der Waals surface area contributed by atoms with Crippen molar-refractivity contribution in [2.24, 2.45) is 5.92 Å². The van der Waals surface area contributed by atoms with Gasteiger partial charge >= 0.3 is 0 Å². The van der Waals surface area contributed by atoms with Gasteiger partial charge in [0.15, 0.2) is 0 Å². The molecule has 1 aromatic heterocycles. The van der Waals surface area contributed by atoms with E-state index in [9.17, 15) is 9.59 Å². The van der Waals surface area contributed by atoms with Gasteiger partial charge in [-0.25, -0.2) is 4.98 Å². The van der Waals surface area contributed by atoms with Crippen molar-refractivity contribution in [1.82, 2.24) is 9.88 Å². The van der Waals surface area contributed by atoms with Gasteiger partial charge in [0.2, 0.25) is 11.8 Å². The van der Waals surface area contributed by atoms with Gasteiger partial charge in [0, 0.05) is 35.8 Å². The predicted octanol–water partition coefficient (Wildman–Crippen LogP) is 4.13. The van der Waals surface area contributed by atoms with Crippen LogP contribution in [0.25, 0.3) is 6.08 Å². The number of carbonyl (C=O) groups excluding carboxylic acids is 2. The molecule has 1 fully saturated rings. The maximum atomic E-state index is 12.4. The molecule has 7 heteroatoms. The van der Waals surface area contributed by atoms with E-state index in [1.165, 1.54) is 0 Å². The average Bonchev–Trinajstić information content (AvgIpc) is 2.75. The van der Waals surface area contributed by atoms with Crippen molar-refractivity contribution < 1.29 is 14.3 Å². The van der Waals surface area contributed by atoms with E-state index >= 15 is 0 Å². The molecule has 1 aliphatic rings. The third-order valence-electron chi connectivity index (χ3n) is 4.77. The summed E-state index contributed by atoms with van der Waals surface area (Å²) in [4.78, 5) is 30.8. The summed E-state index contributed by atoms with van der Waals surface area (Å²) in [6, 6.07) is 11.2. The summed E-state index contributed by atoms with van der Waals surface area (Å²) in [7, 11) is 0. The van der Waals surface area contributed by atoms with E-state index in [0.29, 0.717) is 38.4 Å². The van der Waals surface area contributed by atoms with Crippen LogP contribution >= 0.6 is 15.9 Å². The summed E-state index contributed by atoms with van der Waals surface area (Å²) in [5.74, 6) is 1.16. The number of hydrogen-bond acceptors (Lipinski definition) is 4. The second kappa shape index (κ2) is 10.2. The summed E-state index contributed by atoms with van der Waals surface area (Å²) in [5.41, 5.74) is 0.943. The van der Waals surface area contributed by atoms with Crippen LogP contribution in [0.4, 0.5) is 5.82 Å². The maximum absolute atomic E-state index is 12.4. The third-order valence-corrected chi connectivity index (χ3v) is 5.23. The average molecular weight is 458 g/mol. The number of rotatable bonds is 6. The Kier molecular flexibility index (Phi) is 7.41. The van der Waals surface area contributed by atoms with Crippen LogP contribution in [0, 0.1) is 5.92 Å². The summed E-state index contributed by atoms with van der Waals surface area (Å²) in [6.07, 6.45) is 6.32. The van der Waals surface area contributed by atoms with Crippen molar-refractivity contribution in [1.29, 1.82) is 0 Å². The normalized spacial score (nSPS) is 14.8. The molecule has 2 amide bonds. The zero-order valence-electron chi connectivity index (χ0n) is 16.3. The topological polar surface area (TPSA) is 71.5 Å². The number of likely N-dealkylation sites (tertiary alicyclic amines) is 1. The highest BCUT2D eigenvalue weighted by Gasteiger charge is 2.26. The van der Waals surface area contributed by atoms with E-state index in [4.69, 9.17) is 4.74 Å². The Hall–Kier alpha value is -2.67. The van der Waals surface area contributed by atoms with E-state index in [2.05, 4.69) is 26.2 Å². The van der Waals surface area contributed by atoms with Gasteiger partial charge in [-0.2, -0.15) is 0 Å².